The fourth-order valence-corrected chi connectivity index (χ4v) is 2.65. The third kappa shape index (κ3) is 5.72. The number of amides is 1. The van der Waals surface area contributed by atoms with E-state index in [9.17, 15) is 4.79 Å². The Kier molecular flexibility index (Phi) is 9.12. The standard InChI is InChI=1S/C20H26N4O.HI/c1-4-15-7-6-8-16(5-2)18(15)24-20(21)23-13-14-9-11-17(12-10-14)19(25)22-3;/h6-12H,4-5,13H2,1-3H3,(H,22,25)(H3,21,23,24);1H. The summed E-state index contributed by atoms with van der Waals surface area (Å²) in [5.41, 5.74) is 11.2. The molecule has 0 spiro atoms. The van der Waals surface area contributed by atoms with Gasteiger partial charge in [-0.2, -0.15) is 0 Å². The zero-order valence-electron chi connectivity index (χ0n) is 15.5. The molecule has 140 valence electrons. The molecule has 0 atom stereocenters. The molecule has 2 aromatic rings. The molecule has 0 aromatic heterocycles. The minimum atomic E-state index is -0.0977. The van der Waals surface area contributed by atoms with Crippen LogP contribution in [0.5, 0.6) is 0 Å². The number of guanidine groups is 1. The second-order valence-electron chi connectivity index (χ2n) is 5.76. The minimum Gasteiger partial charge on any atom is -0.370 e. The molecule has 0 saturated carbocycles. The number of aryl methyl sites for hydroxylation is 2. The van der Waals surface area contributed by atoms with Crippen molar-refractivity contribution in [3.63, 3.8) is 0 Å². The number of carbonyl (C=O) groups is 1. The van der Waals surface area contributed by atoms with Crippen LogP contribution in [0.1, 0.15) is 40.9 Å². The van der Waals surface area contributed by atoms with Crippen LogP contribution in [0.3, 0.4) is 0 Å². The number of nitrogens with two attached hydrogens (primary N) is 1. The van der Waals surface area contributed by atoms with Crippen LogP contribution >= 0.6 is 24.0 Å². The highest BCUT2D eigenvalue weighted by atomic mass is 127. The van der Waals surface area contributed by atoms with Gasteiger partial charge in [-0.05, 0) is 41.7 Å². The van der Waals surface area contributed by atoms with E-state index in [-0.39, 0.29) is 29.9 Å². The van der Waals surface area contributed by atoms with Crippen LogP contribution < -0.4 is 16.4 Å². The molecule has 1 amide bonds. The second kappa shape index (κ2) is 10.8. The Morgan fingerprint density at radius 3 is 2.12 bits per heavy atom. The van der Waals surface area contributed by atoms with E-state index in [1.165, 1.54) is 11.1 Å². The molecular weight excluding hydrogens is 439 g/mol. The molecule has 26 heavy (non-hydrogen) atoms. The first-order chi connectivity index (χ1) is 12.1. The average Bonchev–Trinajstić information content (AvgIpc) is 2.66. The normalized spacial score (nSPS) is 10.8. The van der Waals surface area contributed by atoms with Gasteiger partial charge in [0.25, 0.3) is 5.91 Å². The number of rotatable bonds is 6. The minimum absolute atomic E-state index is 0. The summed E-state index contributed by atoms with van der Waals surface area (Å²) in [4.78, 5) is 16.0. The zero-order chi connectivity index (χ0) is 18.2. The van der Waals surface area contributed by atoms with Crippen LogP contribution in [0, 0.1) is 0 Å². The van der Waals surface area contributed by atoms with Crippen molar-refractivity contribution >= 4 is 41.5 Å². The van der Waals surface area contributed by atoms with Crippen molar-refractivity contribution in [3.8, 4) is 0 Å². The summed E-state index contributed by atoms with van der Waals surface area (Å²) < 4.78 is 0. The van der Waals surface area contributed by atoms with Gasteiger partial charge >= 0.3 is 0 Å². The number of hydrogen-bond donors (Lipinski definition) is 3. The Morgan fingerprint density at radius 2 is 1.62 bits per heavy atom. The lowest BCUT2D eigenvalue weighted by Gasteiger charge is -2.14. The molecular formula is C20H27IN4O. The highest BCUT2D eigenvalue weighted by Crippen LogP contribution is 2.22. The number of halogens is 1. The summed E-state index contributed by atoms with van der Waals surface area (Å²) in [5.74, 6) is 0.297. The van der Waals surface area contributed by atoms with Gasteiger partial charge in [0.05, 0.1) is 6.54 Å². The number of carbonyl (C=O) groups excluding carboxylic acids is 1. The molecule has 0 heterocycles. The predicted molar refractivity (Wildman–Crippen MR) is 119 cm³/mol. The summed E-state index contributed by atoms with van der Waals surface area (Å²) in [6, 6.07) is 13.6. The molecule has 0 bridgehead atoms. The third-order valence-corrected chi connectivity index (χ3v) is 4.13. The summed E-state index contributed by atoms with van der Waals surface area (Å²) in [6.45, 7) is 4.71. The Morgan fingerprint density at radius 1 is 1.04 bits per heavy atom. The number of benzene rings is 2. The number of nitrogens with zero attached hydrogens (tertiary/aromatic N) is 1. The maximum Gasteiger partial charge on any atom is 0.251 e. The van der Waals surface area contributed by atoms with Gasteiger partial charge < -0.3 is 16.4 Å². The van der Waals surface area contributed by atoms with E-state index in [0.29, 0.717) is 18.1 Å². The van der Waals surface area contributed by atoms with Crippen molar-refractivity contribution in [1.29, 1.82) is 0 Å². The van der Waals surface area contributed by atoms with Gasteiger partial charge in [-0.25, -0.2) is 4.99 Å². The van der Waals surface area contributed by atoms with Crippen molar-refractivity contribution in [2.45, 2.75) is 33.2 Å². The lowest BCUT2D eigenvalue weighted by Crippen LogP contribution is -2.24. The fourth-order valence-electron chi connectivity index (χ4n) is 2.65. The maximum atomic E-state index is 11.5. The molecule has 2 aromatic carbocycles. The van der Waals surface area contributed by atoms with Gasteiger partial charge in [0, 0.05) is 18.3 Å². The summed E-state index contributed by atoms with van der Waals surface area (Å²) in [6.07, 6.45) is 1.87. The number of nitrogens with one attached hydrogen (secondary N) is 2. The van der Waals surface area contributed by atoms with Gasteiger partial charge in [0.2, 0.25) is 0 Å². The molecule has 0 radical (unpaired) electrons. The highest BCUT2D eigenvalue weighted by Gasteiger charge is 2.07. The van der Waals surface area contributed by atoms with Gasteiger partial charge in [-0.1, -0.05) is 44.2 Å². The number of anilines is 1. The molecule has 0 aliphatic heterocycles. The predicted octanol–water partition coefficient (Wildman–Crippen LogP) is 3.72. The number of hydrogen-bond acceptors (Lipinski definition) is 2. The number of aliphatic imine (C=N–C) groups is 1. The first kappa shape index (κ1) is 22.0. The van der Waals surface area contributed by atoms with E-state index in [1.54, 1.807) is 19.2 Å². The van der Waals surface area contributed by atoms with Crippen molar-refractivity contribution in [2.24, 2.45) is 10.7 Å². The smallest absolute Gasteiger partial charge is 0.251 e. The largest absolute Gasteiger partial charge is 0.370 e. The van der Waals surface area contributed by atoms with Crippen LogP contribution in [0.15, 0.2) is 47.5 Å². The Bertz CT molecular complexity index is 735. The lowest BCUT2D eigenvalue weighted by atomic mass is 10.0. The van der Waals surface area contributed by atoms with E-state index >= 15 is 0 Å². The van der Waals surface area contributed by atoms with Crippen molar-refractivity contribution in [3.05, 3.63) is 64.7 Å². The molecule has 0 unspecified atom stereocenters. The molecule has 2 rings (SSSR count). The van der Waals surface area contributed by atoms with Crippen LogP contribution in [-0.2, 0) is 19.4 Å². The van der Waals surface area contributed by atoms with E-state index < -0.39 is 0 Å². The summed E-state index contributed by atoms with van der Waals surface area (Å²) in [5, 5.41) is 5.86. The number of para-hydroxylation sites is 1. The molecule has 4 N–H and O–H groups in total. The van der Waals surface area contributed by atoms with Gasteiger partial charge in [0.1, 0.15) is 0 Å². The lowest BCUT2D eigenvalue weighted by molar-refractivity contribution is 0.0963. The Hall–Kier alpha value is -2.09. The van der Waals surface area contributed by atoms with E-state index in [4.69, 9.17) is 5.73 Å². The quantitative estimate of drug-likeness (QED) is 0.345. The summed E-state index contributed by atoms with van der Waals surface area (Å²) >= 11 is 0. The van der Waals surface area contributed by atoms with Crippen LogP contribution in [0.25, 0.3) is 0 Å². The molecule has 6 heteroatoms. The Balaban J connectivity index is 0.00000338. The molecule has 0 fully saturated rings. The first-order valence-electron chi connectivity index (χ1n) is 8.57. The maximum absolute atomic E-state index is 11.5. The van der Waals surface area contributed by atoms with Crippen LogP contribution in [0.4, 0.5) is 5.69 Å². The molecule has 0 aliphatic rings. The highest BCUT2D eigenvalue weighted by molar-refractivity contribution is 14.0. The van der Waals surface area contributed by atoms with Crippen molar-refractivity contribution in [1.82, 2.24) is 5.32 Å². The third-order valence-electron chi connectivity index (χ3n) is 4.13. The zero-order valence-corrected chi connectivity index (χ0v) is 17.8. The SMILES string of the molecule is CCc1cccc(CC)c1NC(N)=NCc1ccc(C(=O)NC)cc1.I. The Labute approximate surface area is 172 Å². The molecule has 0 saturated heterocycles. The van der Waals surface area contributed by atoms with Gasteiger partial charge in [-0.3, -0.25) is 4.79 Å². The van der Waals surface area contributed by atoms with E-state index in [0.717, 1.165) is 24.1 Å². The first-order valence-corrected chi connectivity index (χ1v) is 8.57. The van der Waals surface area contributed by atoms with Gasteiger partial charge in [0.15, 0.2) is 5.96 Å². The molecule has 5 nitrogen and oxygen atoms in total. The topological polar surface area (TPSA) is 79.5 Å². The van der Waals surface area contributed by atoms with Crippen molar-refractivity contribution < 1.29 is 4.79 Å². The van der Waals surface area contributed by atoms with Crippen LogP contribution in [0.2, 0.25) is 0 Å². The monoisotopic (exact) mass is 466 g/mol. The second-order valence-corrected chi connectivity index (χ2v) is 5.76. The van der Waals surface area contributed by atoms with Gasteiger partial charge in [-0.15, -0.1) is 24.0 Å². The van der Waals surface area contributed by atoms with E-state index in [1.807, 2.05) is 12.1 Å². The average molecular weight is 466 g/mol. The van der Waals surface area contributed by atoms with E-state index in [2.05, 4.69) is 47.7 Å². The summed E-state index contributed by atoms with van der Waals surface area (Å²) in [7, 11) is 1.62. The molecule has 0 aliphatic carbocycles. The van der Waals surface area contributed by atoms with Crippen molar-refractivity contribution in [2.75, 3.05) is 12.4 Å². The fraction of sp³-hybridized carbons (Fsp3) is 0.300. The van der Waals surface area contributed by atoms with Crippen LogP contribution in [-0.4, -0.2) is 18.9 Å².